The van der Waals surface area contributed by atoms with Gasteiger partial charge in [0.15, 0.2) is 0 Å². The van der Waals surface area contributed by atoms with Crippen LogP contribution in [0.25, 0.3) is 0 Å². The van der Waals surface area contributed by atoms with E-state index in [0.29, 0.717) is 13.1 Å². The van der Waals surface area contributed by atoms with Crippen molar-refractivity contribution in [1.82, 2.24) is 10.6 Å². The monoisotopic (exact) mass is 276 g/mol. The van der Waals surface area contributed by atoms with E-state index in [1.54, 1.807) is 13.8 Å². The summed E-state index contributed by atoms with van der Waals surface area (Å²) in [5.74, 6) is -0.492. The smallest absolute Gasteiger partial charge is 0.235 e. The van der Waals surface area contributed by atoms with Crippen LogP contribution in [-0.4, -0.2) is 18.4 Å². The maximum atomic E-state index is 12.2. The molecule has 2 amide bonds. The van der Waals surface area contributed by atoms with Gasteiger partial charge in [0.1, 0.15) is 5.41 Å². The normalized spacial score (nSPS) is 11.0. The van der Waals surface area contributed by atoms with Gasteiger partial charge in [-0.1, -0.05) is 36.8 Å². The largest absolute Gasteiger partial charge is 0.355 e. The standard InChI is InChI=1S/C16H24N2O2/c1-5-9-17-14(19)16(3,4)15(20)18-11-13-8-6-7-12(2)10-13/h6-8,10H,5,9,11H2,1-4H3,(H,17,19)(H,18,20). The fraction of sp³-hybridized carbons (Fsp3) is 0.500. The molecular formula is C16H24N2O2. The molecule has 0 radical (unpaired) electrons. The van der Waals surface area contributed by atoms with E-state index in [1.165, 1.54) is 0 Å². The molecule has 4 nitrogen and oxygen atoms in total. The van der Waals surface area contributed by atoms with Gasteiger partial charge in [0.2, 0.25) is 11.8 Å². The summed E-state index contributed by atoms with van der Waals surface area (Å²) in [6, 6.07) is 7.94. The summed E-state index contributed by atoms with van der Waals surface area (Å²) in [5.41, 5.74) is 1.12. The van der Waals surface area contributed by atoms with Crippen LogP contribution >= 0.6 is 0 Å². The summed E-state index contributed by atoms with van der Waals surface area (Å²) in [6.07, 6.45) is 0.854. The zero-order chi connectivity index (χ0) is 15.2. The number of rotatable bonds is 6. The van der Waals surface area contributed by atoms with Gasteiger partial charge in [-0.2, -0.15) is 0 Å². The van der Waals surface area contributed by atoms with E-state index in [2.05, 4.69) is 10.6 Å². The van der Waals surface area contributed by atoms with Crippen LogP contribution in [0, 0.1) is 12.3 Å². The molecule has 0 aromatic heterocycles. The number of hydrogen-bond donors (Lipinski definition) is 2. The van der Waals surface area contributed by atoms with E-state index in [0.717, 1.165) is 17.5 Å². The lowest BCUT2D eigenvalue weighted by Crippen LogP contribution is -2.47. The lowest BCUT2D eigenvalue weighted by molar-refractivity contribution is -0.141. The lowest BCUT2D eigenvalue weighted by Gasteiger charge is -2.22. The summed E-state index contributed by atoms with van der Waals surface area (Å²) in [5, 5.41) is 5.59. The van der Waals surface area contributed by atoms with E-state index in [-0.39, 0.29) is 11.8 Å². The summed E-state index contributed by atoms with van der Waals surface area (Å²) in [6.45, 7) is 8.30. The molecule has 0 saturated heterocycles. The predicted molar refractivity (Wildman–Crippen MR) is 80.1 cm³/mol. The van der Waals surface area contributed by atoms with Gasteiger partial charge in [-0.05, 0) is 32.8 Å². The Bertz CT molecular complexity index is 481. The van der Waals surface area contributed by atoms with Gasteiger partial charge in [-0.25, -0.2) is 0 Å². The van der Waals surface area contributed by atoms with E-state index in [4.69, 9.17) is 0 Å². The second-order valence-electron chi connectivity index (χ2n) is 5.55. The number of aryl methyl sites for hydroxylation is 1. The van der Waals surface area contributed by atoms with Crippen molar-refractivity contribution in [3.05, 3.63) is 35.4 Å². The fourth-order valence-electron chi connectivity index (χ4n) is 1.79. The zero-order valence-electron chi connectivity index (χ0n) is 12.7. The van der Waals surface area contributed by atoms with Crippen molar-refractivity contribution < 1.29 is 9.59 Å². The second kappa shape index (κ2) is 7.08. The molecule has 0 aliphatic carbocycles. The molecule has 0 aliphatic heterocycles. The predicted octanol–water partition coefficient (Wildman–Crippen LogP) is 2.16. The molecule has 0 heterocycles. The van der Waals surface area contributed by atoms with Crippen LogP contribution in [0.5, 0.6) is 0 Å². The molecule has 110 valence electrons. The Morgan fingerprint density at radius 2 is 1.80 bits per heavy atom. The van der Waals surface area contributed by atoms with Crippen LogP contribution in [0.15, 0.2) is 24.3 Å². The second-order valence-corrected chi connectivity index (χ2v) is 5.55. The van der Waals surface area contributed by atoms with Gasteiger partial charge in [-0.3, -0.25) is 9.59 Å². The van der Waals surface area contributed by atoms with Gasteiger partial charge in [0.05, 0.1) is 0 Å². The lowest BCUT2D eigenvalue weighted by atomic mass is 9.91. The minimum atomic E-state index is -1.06. The van der Waals surface area contributed by atoms with Crippen molar-refractivity contribution in [3.8, 4) is 0 Å². The molecule has 0 atom stereocenters. The molecule has 1 aromatic carbocycles. The van der Waals surface area contributed by atoms with Crippen LogP contribution in [0.4, 0.5) is 0 Å². The highest BCUT2D eigenvalue weighted by Gasteiger charge is 2.35. The van der Waals surface area contributed by atoms with Crippen molar-refractivity contribution in [2.75, 3.05) is 6.54 Å². The van der Waals surface area contributed by atoms with Crippen molar-refractivity contribution in [1.29, 1.82) is 0 Å². The molecular weight excluding hydrogens is 252 g/mol. The quantitative estimate of drug-likeness (QED) is 0.782. The molecule has 0 saturated carbocycles. The molecule has 4 heteroatoms. The first-order valence-corrected chi connectivity index (χ1v) is 7.00. The third-order valence-electron chi connectivity index (χ3n) is 3.21. The van der Waals surface area contributed by atoms with Crippen LogP contribution in [0.1, 0.15) is 38.3 Å². The zero-order valence-corrected chi connectivity index (χ0v) is 12.7. The molecule has 0 fully saturated rings. The minimum absolute atomic E-state index is 0.235. The third kappa shape index (κ3) is 4.37. The summed E-state index contributed by atoms with van der Waals surface area (Å²) in [4.78, 5) is 24.1. The van der Waals surface area contributed by atoms with Crippen LogP contribution in [0.2, 0.25) is 0 Å². The SMILES string of the molecule is CCCNC(=O)C(C)(C)C(=O)NCc1cccc(C)c1. The first-order valence-electron chi connectivity index (χ1n) is 7.00. The van der Waals surface area contributed by atoms with Gasteiger partial charge in [0.25, 0.3) is 0 Å². The number of benzene rings is 1. The fourth-order valence-corrected chi connectivity index (χ4v) is 1.79. The summed E-state index contributed by atoms with van der Waals surface area (Å²) < 4.78 is 0. The van der Waals surface area contributed by atoms with Crippen molar-refractivity contribution >= 4 is 11.8 Å². The molecule has 0 bridgehead atoms. The van der Waals surface area contributed by atoms with Crippen molar-refractivity contribution in [2.24, 2.45) is 5.41 Å². The Balaban J connectivity index is 2.59. The van der Waals surface area contributed by atoms with Crippen LogP contribution < -0.4 is 10.6 Å². The summed E-state index contributed by atoms with van der Waals surface area (Å²) in [7, 11) is 0. The highest BCUT2D eigenvalue weighted by atomic mass is 16.2. The van der Waals surface area contributed by atoms with E-state index < -0.39 is 5.41 Å². The molecule has 1 aromatic rings. The first kappa shape index (κ1) is 16.2. The van der Waals surface area contributed by atoms with Crippen LogP contribution in [0.3, 0.4) is 0 Å². The first-order chi connectivity index (χ1) is 9.37. The molecule has 1 rings (SSSR count). The molecule has 0 spiro atoms. The van der Waals surface area contributed by atoms with E-state index in [1.807, 2.05) is 38.1 Å². The highest BCUT2D eigenvalue weighted by Crippen LogP contribution is 2.16. The Morgan fingerprint density at radius 1 is 1.15 bits per heavy atom. The maximum Gasteiger partial charge on any atom is 0.235 e. The van der Waals surface area contributed by atoms with Crippen molar-refractivity contribution in [3.63, 3.8) is 0 Å². The Hall–Kier alpha value is -1.84. The Morgan fingerprint density at radius 3 is 2.40 bits per heavy atom. The molecule has 20 heavy (non-hydrogen) atoms. The molecule has 0 unspecified atom stereocenters. The minimum Gasteiger partial charge on any atom is -0.355 e. The highest BCUT2D eigenvalue weighted by molar-refractivity contribution is 6.04. The topological polar surface area (TPSA) is 58.2 Å². The number of nitrogens with one attached hydrogen (secondary N) is 2. The van der Waals surface area contributed by atoms with Gasteiger partial charge < -0.3 is 10.6 Å². The van der Waals surface area contributed by atoms with E-state index in [9.17, 15) is 9.59 Å². The van der Waals surface area contributed by atoms with Gasteiger partial charge >= 0.3 is 0 Å². The van der Waals surface area contributed by atoms with Crippen LogP contribution in [-0.2, 0) is 16.1 Å². The third-order valence-corrected chi connectivity index (χ3v) is 3.21. The number of carbonyl (C=O) groups is 2. The average molecular weight is 276 g/mol. The Kier molecular flexibility index (Phi) is 5.74. The number of amides is 2. The van der Waals surface area contributed by atoms with Gasteiger partial charge in [0, 0.05) is 13.1 Å². The number of hydrogen-bond acceptors (Lipinski definition) is 2. The Labute approximate surface area is 121 Å². The molecule has 0 aliphatic rings. The summed E-state index contributed by atoms with van der Waals surface area (Å²) >= 11 is 0. The number of carbonyl (C=O) groups excluding carboxylic acids is 2. The average Bonchev–Trinajstić information content (AvgIpc) is 2.41. The molecule has 2 N–H and O–H groups in total. The van der Waals surface area contributed by atoms with Gasteiger partial charge in [-0.15, -0.1) is 0 Å². The van der Waals surface area contributed by atoms with Crippen molar-refractivity contribution in [2.45, 2.75) is 40.7 Å². The van der Waals surface area contributed by atoms with E-state index >= 15 is 0 Å². The maximum absolute atomic E-state index is 12.2.